The van der Waals surface area contributed by atoms with Gasteiger partial charge in [-0.3, -0.25) is 28.9 Å². The summed E-state index contributed by atoms with van der Waals surface area (Å²) in [7, 11) is 3.04. The lowest BCUT2D eigenvalue weighted by atomic mass is 10.1. The molecule has 17 heteroatoms. The lowest BCUT2D eigenvalue weighted by Crippen LogP contribution is -2.49. The van der Waals surface area contributed by atoms with Crippen molar-refractivity contribution in [1.82, 2.24) is 14.0 Å². The van der Waals surface area contributed by atoms with Gasteiger partial charge in [-0.25, -0.2) is 14.4 Å². The minimum Gasteiger partial charge on any atom is -0.494 e. The molecule has 1 saturated heterocycles. The fourth-order valence-corrected chi connectivity index (χ4v) is 3.69. The van der Waals surface area contributed by atoms with E-state index in [0.29, 0.717) is 51.0 Å². The van der Waals surface area contributed by atoms with Crippen LogP contribution in [-0.4, -0.2) is 80.4 Å². The number of hydrogen-bond acceptors (Lipinski definition) is 9. The molecular weight excluding hydrogens is 535 g/mol. The Morgan fingerprint density at radius 1 is 1.03 bits per heavy atom. The number of carboxylic acids is 2. The Morgan fingerprint density at radius 3 is 2.13 bits per heavy atom. The van der Waals surface area contributed by atoms with Gasteiger partial charge in [-0.05, 0) is 18.6 Å². The van der Waals surface area contributed by atoms with E-state index in [1.54, 1.807) is 7.05 Å². The summed E-state index contributed by atoms with van der Waals surface area (Å²) < 4.78 is 47.0. The maximum Gasteiger partial charge on any atom is 0.423 e. The molecule has 2 N–H and O–H groups in total. The zero-order chi connectivity index (χ0) is 29.5. The highest BCUT2D eigenvalue weighted by Crippen LogP contribution is 2.38. The van der Waals surface area contributed by atoms with E-state index < -0.39 is 40.0 Å². The van der Waals surface area contributed by atoms with Gasteiger partial charge in [0.05, 0.1) is 11.5 Å². The second-order valence-corrected chi connectivity index (χ2v) is 8.32. The molecule has 0 atom stereocenters. The first-order chi connectivity index (χ1) is 18.1. The number of aliphatic carboxylic acids is 2. The Labute approximate surface area is 218 Å². The van der Waals surface area contributed by atoms with Gasteiger partial charge in [-0.2, -0.15) is 13.2 Å². The summed E-state index contributed by atoms with van der Waals surface area (Å²) in [5.74, 6) is -3.17. The number of anilines is 1. The van der Waals surface area contributed by atoms with E-state index in [2.05, 4.69) is 4.90 Å². The van der Waals surface area contributed by atoms with E-state index in [4.69, 9.17) is 24.5 Å². The maximum atomic E-state index is 13.1. The number of benzene rings is 1. The molecule has 0 spiro atoms. The second kappa shape index (κ2) is 12.9. The van der Waals surface area contributed by atoms with Crippen LogP contribution < -0.4 is 20.9 Å². The van der Waals surface area contributed by atoms with Gasteiger partial charge in [0.2, 0.25) is 0 Å². The molecule has 3 rings (SSSR count). The molecule has 0 saturated carbocycles. The van der Waals surface area contributed by atoms with Crippen LogP contribution in [0.15, 0.2) is 33.9 Å². The highest BCUT2D eigenvalue weighted by molar-refractivity contribution is 6.27. The summed E-state index contributed by atoms with van der Waals surface area (Å²) in [6, 6.07) is 4.03. The van der Waals surface area contributed by atoms with Gasteiger partial charge in [0, 0.05) is 59.0 Å². The fourth-order valence-electron chi connectivity index (χ4n) is 3.69. The number of ether oxygens (including phenoxy) is 1. The molecule has 0 unspecified atom stereocenters. The fraction of sp³-hybridized carbons (Fsp3) is 0.455. The molecule has 14 nitrogen and oxygen atoms in total. The third kappa shape index (κ3) is 8.29. The standard InChI is InChI=1S/C20H24F3N5O5.C2H2O4/c1-24-17(13-18(29)25(2)19(24)30)27-9-7-26(8-10-27)6-3-11-33-14-4-5-16(28(31)32)15(12-14)20(21,22)23;3-1(4)2(5)6/h4-5,12-13H,3,6-11H2,1-2H3;(H,3,4)(H,5,6). The molecule has 1 fully saturated rings. The van der Waals surface area contributed by atoms with Crippen LogP contribution in [0.25, 0.3) is 0 Å². The zero-order valence-corrected chi connectivity index (χ0v) is 20.9. The summed E-state index contributed by atoms with van der Waals surface area (Å²) in [5, 5.41) is 25.6. The molecule has 39 heavy (non-hydrogen) atoms. The molecule has 2 aromatic rings. The van der Waals surface area contributed by atoms with Crippen LogP contribution >= 0.6 is 0 Å². The number of nitrogens with zero attached hydrogens (tertiary/aromatic N) is 5. The number of nitro benzene ring substituents is 1. The van der Waals surface area contributed by atoms with Crippen LogP contribution in [0.5, 0.6) is 5.75 Å². The first-order valence-corrected chi connectivity index (χ1v) is 11.3. The highest BCUT2D eigenvalue weighted by atomic mass is 19.4. The van der Waals surface area contributed by atoms with E-state index >= 15 is 0 Å². The molecule has 1 aromatic carbocycles. The van der Waals surface area contributed by atoms with Crippen molar-refractivity contribution in [3.8, 4) is 5.75 Å². The van der Waals surface area contributed by atoms with Crippen LogP contribution in [0.3, 0.4) is 0 Å². The zero-order valence-electron chi connectivity index (χ0n) is 20.9. The van der Waals surface area contributed by atoms with E-state index in [1.807, 2.05) is 4.90 Å². The first kappa shape index (κ1) is 30.8. The van der Waals surface area contributed by atoms with Crippen molar-refractivity contribution >= 4 is 23.4 Å². The van der Waals surface area contributed by atoms with E-state index in [1.165, 1.54) is 17.7 Å². The number of alkyl halides is 3. The van der Waals surface area contributed by atoms with Gasteiger partial charge < -0.3 is 19.8 Å². The van der Waals surface area contributed by atoms with Gasteiger partial charge in [0.1, 0.15) is 17.1 Å². The Kier molecular flexibility index (Phi) is 10.2. The average molecular weight is 561 g/mol. The number of rotatable bonds is 7. The molecule has 0 radical (unpaired) electrons. The molecule has 0 aliphatic carbocycles. The largest absolute Gasteiger partial charge is 0.494 e. The third-order valence-electron chi connectivity index (χ3n) is 5.74. The summed E-state index contributed by atoms with van der Waals surface area (Å²) in [6.45, 7) is 3.37. The predicted octanol–water partition coefficient (Wildman–Crippen LogP) is 0.758. The number of carbonyl (C=O) groups is 2. The highest BCUT2D eigenvalue weighted by Gasteiger charge is 2.38. The minimum absolute atomic E-state index is 0.0793. The maximum absolute atomic E-state index is 13.1. The van der Waals surface area contributed by atoms with Crippen molar-refractivity contribution in [3.63, 3.8) is 0 Å². The number of halogens is 3. The van der Waals surface area contributed by atoms with Gasteiger partial charge in [-0.1, -0.05) is 0 Å². The summed E-state index contributed by atoms with van der Waals surface area (Å²) in [6.07, 6.45) is -4.31. The van der Waals surface area contributed by atoms with Crippen molar-refractivity contribution in [2.24, 2.45) is 14.1 Å². The monoisotopic (exact) mass is 561 g/mol. The number of nitro groups is 1. The van der Waals surface area contributed by atoms with Crippen molar-refractivity contribution < 1.29 is 42.6 Å². The Balaban J connectivity index is 0.000000798. The van der Waals surface area contributed by atoms with Gasteiger partial charge in [-0.15, -0.1) is 0 Å². The van der Waals surface area contributed by atoms with Crippen molar-refractivity contribution in [1.29, 1.82) is 0 Å². The van der Waals surface area contributed by atoms with Gasteiger partial charge in [0.15, 0.2) is 0 Å². The normalized spacial score (nSPS) is 13.8. The molecular formula is C22H26F3N5O9. The number of piperazine rings is 1. The van der Waals surface area contributed by atoms with E-state index in [0.717, 1.165) is 16.7 Å². The average Bonchev–Trinajstić information content (AvgIpc) is 2.87. The summed E-state index contributed by atoms with van der Waals surface area (Å²) in [5.41, 5.74) is -3.11. The molecule has 214 valence electrons. The Morgan fingerprint density at radius 2 is 1.62 bits per heavy atom. The SMILES string of the molecule is Cn1c(N2CCN(CCCOc3ccc([N+](=O)[O-])c(C(F)(F)F)c3)CC2)cc(=O)n(C)c1=O.O=C(O)C(=O)O. The second-order valence-electron chi connectivity index (χ2n) is 8.32. The van der Waals surface area contributed by atoms with E-state index in [9.17, 15) is 32.9 Å². The van der Waals surface area contributed by atoms with E-state index in [-0.39, 0.29) is 17.9 Å². The molecule has 1 aliphatic rings. The minimum atomic E-state index is -4.85. The third-order valence-corrected chi connectivity index (χ3v) is 5.74. The Hall–Kier alpha value is -4.41. The first-order valence-electron chi connectivity index (χ1n) is 11.3. The predicted molar refractivity (Wildman–Crippen MR) is 129 cm³/mol. The van der Waals surface area contributed by atoms with Crippen LogP contribution in [0.4, 0.5) is 24.7 Å². The van der Waals surface area contributed by atoms with Crippen LogP contribution in [-0.2, 0) is 29.9 Å². The van der Waals surface area contributed by atoms with Crippen molar-refractivity contribution in [3.05, 3.63) is 60.8 Å². The van der Waals surface area contributed by atoms with Crippen LogP contribution in [0.2, 0.25) is 0 Å². The topological polar surface area (TPSA) is 177 Å². The molecule has 2 heterocycles. The number of aromatic nitrogens is 2. The lowest BCUT2D eigenvalue weighted by Gasteiger charge is -2.36. The molecule has 0 amide bonds. The Bertz CT molecular complexity index is 1320. The van der Waals surface area contributed by atoms with Crippen LogP contribution in [0.1, 0.15) is 12.0 Å². The van der Waals surface area contributed by atoms with Crippen LogP contribution in [0, 0.1) is 10.1 Å². The number of hydrogen-bond donors (Lipinski definition) is 2. The molecule has 1 aliphatic heterocycles. The molecule has 0 bridgehead atoms. The molecule has 1 aromatic heterocycles. The van der Waals surface area contributed by atoms with Crippen molar-refractivity contribution in [2.45, 2.75) is 12.6 Å². The quantitative estimate of drug-likeness (QED) is 0.211. The smallest absolute Gasteiger partial charge is 0.423 e. The summed E-state index contributed by atoms with van der Waals surface area (Å²) in [4.78, 5) is 56.1. The lowest BCUT2D eigenvalue weighted by molar-refractivity contribution is -0.388. The van der Waals surface area contributed by atoms with Crippen molar-refractivity contribution in [2.75, 3.05) is 44.2 Å². The number of carboxylic acid groups (broad SMARTS) is 2. The van der Waals surface area contributed by atoms with Gasteiger partial charge in [0.25, 0.3) is 11.2 Å². The summed E-state index contributed by atoms with van der Waals surface area (Å²) >= 11 is 0. The van der Waals surface area contributed by atoms with Gasteiger partial charge >= 0.3 is 23.8 Å².